The lowest BCUT2D eigenvalue weighted by Gasteiger charge is -2.11. The van der Waals surface area contributed by atoms with Gasteiger partial charge in [0.05, 0.1) is 6.61 Å². The Labute approximate surface area is 129 Å². The molecule has 0 saturated heterocycles. The molecule has 0 saturated carbocycles. The molecule has 0 spiro atoms. The number of esters is 1. The van der Waals surface area contributed by atoms with Crippen molar-refractivity contribution >= 4 is 11.8 Å². The summed E-state index contributed by atoms with van der Waals surface area (Å²) >= 11 is 0. The fourth-order valence-corrected chi connectivity index (χ4v) is 1.88. The zero-order valence-corrected chi connectivity index (χ0v) is 12.1. The van der Waals surface area contributed by atoms with Crippen LogP contribution in [0.2, 0.25) is 0 Å². The molecule has 1 aromatic heterocycles. The minimum atomic E-state index is -4.78. The molecule has 23 heavy (non-hydrogen) atoms. The first-order valence-electron chi connectivity index (χ1n) is 6.59. The van der Waals surface area contributed by atoms with E-state index in [1.54, 1.807) is 13.0 Å². The third-order valence-corrected chi connectivity index (χ3v) is 2.81. The minimum Gasteiger partial charge on any atom is -0.462 e. The van der Waals surface area contributed by atoms with Gasteiger partial charge in [0.15, 0.2) is 0 Å². The van der Waals surface area contributed by atoms with Gasteiger partial charge in [-0.25, -0.2) is 9.78 Å². The lowest BCUT2D eigenvalue weighted by molar-refractivity contribution is -0.274. The van der Waals surface area contributed by atoms with E-state index in [-0.39, 0.29) is 23.7 Å². The van der Waals surface area contributed by atoms with E-state index in [9.17, 15) is 18.0 Å². The van der Waals surface area contributed by atoms with Gasteiger partial charge in [-0.2, -0.15) is 0 Å². The largest absolute Gasteiger partial charge is 0.573 e. The van der Waals surface area contributed by atoms with Crippen molar-refractivity contribution < 1.29 is 27.4 Å². The first-order chi connectivity index (χ1) is 10.8. The van der Waals surface area contributed by atoms with E-state index < -0.39 is 12.3 Å². The molecule has 0 unspecified atom stereocenters. The molecule has 0 aliphatic heterocycles. The van der Waals surface area contributed by atoms with Crippen LogP contribution in [0.25, 0.3) is 11.1 Å². The molecule has 5 nitrogen and oxygen atoms in total. The number of pyridine rings is 1. The van der Waals surface area contributed by atoms with Crippen molar-refractivity contribution in [2.45, 2.75) is 13.3 Å². The van der Waals surface area contributed by atoms with Crippen LogP contribution in [-0.2, 0) is 4.74 Å². The maximum absolute atomic E-state index is 12.3. The van der Waals surface area contributed by atoms with Gasteiger partial charge in [0.25, 0.3) is 0 Å². The lowest BCUT2D eigenvalue weighted by Crippen LogP contribution is -2.17. The van der Waals surface area contributed by atoms with Crippen LogP contribution in [0.3, 0.4) is 0 Å². The van der Waals surface area contributed by atoms with Crippen molar-refractivity contribution in [1.82, 2.24) is 4.98 Å². The second-order valence-corrected chi connectivity index (χ2v) is 4.45. The van der Waals surface area contributed by atoms with E-state index in [0.29, 0.717) is 11.1 Å². The average molecular weight is 326 g/mol. The second kappa shape index (κ2) is 6.55. The van der Waals surface area contributed by atoms with Crippen LogP contribution in [0.1, 0.15) is 17.3 Å². The predicted molar refractivity (Wildman–Crippen MR) is 76.7 cm³/mol. The summed E-state index contributed by atoms with van der Waals surface area (Å²) in [5.74, 6) is -1.04. The third kappa shape index (κ3) is 4.35. The third-order valence-electron chi connectivity index (χ3n) is 2.81. The zero-order chi connectivity index (χ0) is 17.0. The lowest BCUT2D eigenvalue weighted by atomic mass is 10.1. The summed E-state index contributed by atoms with van der Waals surface area (Å²) in [4.78, 5) is 15.7. The fraction of sp³-hybridized carbons (Fsp3) is 0.200. The molecule has 1 aromatic carbocycles. The van der Waals surface area contributed by atoms with E-state index in [2.05, 4.69) is 9.72 Å². The van der Waals surface area contributed by atoms with Gasteiger partial charge in [-0.15, -0.1) is 13.2 Å². The summed E-state index contributed by atoms with van der Waals surface area (Å²) in [6, 6.07) is 6.73. The number of hydrogen-bond acceptors (Lipinski definition) is 5. The summed E-state index contributed by atoms with van der Waals surface area (Å²) in [5.41, 5.74) is 6.48. The van der Waals surface area contributed by atoms with Crippen LogP contribution >= 0.6 is 0 Å². The van der Waals surface area contributed by atoms with E-state index in [1.807, 2.05) is 0 Å². The molecule has 2 aromatic rings. The normalized spacial score (nSPS) is 11.1. The Morgan fingerprint density at radius 3 is 2.65 bits per heavy atom. The van der Waals surface area contributed by atoms with E-state index in [1.165, 1.54) is 30.5 Å². The average Bonchev–Trinajstić information content (AvgIpc) is 2.46. The maximum atomic E-state index is 12.3. The molecule has 0 amide bonds. The molecule has 0 aliphatic rings. The molecule has 2 N–H and O–H groups in total. The summed E-state index contributed by atoms with van der Waals surface area (Å²) in [6.07, 6.45) is -3.43. The van der Waals surface area contributed by atoms with Gasteiger partial charge in [0.1, 0.15) is 17.1 Å². The van der Waals surface area contributed by atoms with Crippen molar-refractivity contribution in [3.8, 4) is 16.9 Å². The number of nitrogens with two attached hydrogens (primary N) is 1. The minimum absolute atomic E-state index is 0.0186. The summed E-state index contributed by atoms with van der Waals surface area (Å²) in [6.45, 7) is 1.81. The molecule has 0 bridgehead atoms. The Morgan fingerprint density at radius 2 is 2.00 bits per heavy atom. The Kier molecular flexibility index (Phi) is 4.73. The van der Waals surface area contributed by atoms with Crippen molar-refractivity contribution in [2.75, 3.05) is 12.3 Å². The molecule has 0 aliphatic carbocycles. The van der Waals surface area contributed by atoms with E-state index >= 15 is 0 Å². The zero-order valence-electron chi connectivity index (χ0n) is 12.1. The van der Waals surface area contributed by atoms with Crippen molar-refractivity contribution in [3.05, 3.63) is 42.1 Å². The monoisotopic (exact) mass is 326 g/mol. The number of nitrogen functional groups attached to an aromatic ring is 1. The van der Waals surface area contributed by atoms with Gasteiger partial charge < -0.3 is 15.2 Å². The molecular formula is C15H13F3N2O3. The highest BCUT2D eigenvalue weighted by atomic mass is 19.4. The van der Waals surface area contributed by atoms with Crippen LogP contribution < -0.4 is 10.5 Å². The first kappa shape index (κ1) is 16.6. The number of carbonyl (C=O) groups is 1. The highest BCUT2D eigenvalue weighted by Gasteiger charge is 2.31. The quantitative estimate of drug-likeness (QED) is 0.872. The van der Waals surface area contributed by atoms with Gasteiger partial charge in [-0.1, -0.05) is 12.1 Å². The number of aromatic nitrogens is 1. The molecule has 0 atom stereocenters. The molecule has 0 fully saturated rings. The Morgan fingerprint density at radius 1 is 1.26 bits per heavy atom. The highest BCUT2D eigenvalue weighted by Crippen LogP contribution is 2.29. The van der Waals surface area contributed by atoms with E-state index in [0.717, 1.165) is 0 Å². The van der Waals surface area contributed by atoms with Crippen molar-refractivity contribution in [1.29, 1.82) is 0 Å². The van der Waals surface area contributed by atoms with Crippen molar-refractivity contribution in [3.63, 3.8) is 0 Å². The predicted octanol–water partition coefficient (Wildman–Crippen LogP) is 3.41. The molecule has 1 heterocycles. The molecule has 8 heteroatoms. The number of nitrogens with zero attached hydrogens (tertiary/aromatic N) is 1. The Bertz CT molecular complexity index is 717. The topological polar surface area (TPSA) is 74.4 Å². The van der Waals surface area contributed by atoms with Crippen LogP contribution in [0.4, 0.5) is 19.0 Å². The van der Waals surface area contributed by atoms with Crippen LogP contribution in [0.15, 0.2) is 36.5 Å². The van der Waals surface area contributed by atoms with Gasteiger partial charge in [-0.05, 0) is 30.7 Å². The highest BCUT2D eigenvalue weighted by molar-refractivity contribution is 5.95. The smallest absolute Gasteiger partial charge is 0.462 e. The number of benzene rings is 1. The number of hydrogen-bond donors (Lipinski definition) is 1. The number of alkyl halides is 3. The Hall–Kier alpha value is -2.77. The van der Waals surface area contributed by atoms with Gasteiger partial charge in [0, 0.05) is 11.8 Å². The number of anilines is 1. The van der Waals surface area contributed by atoms with Crippen LogP contribution in [-0.4, -0.2) is 23.9 Å². The number of rotatable bonds is 4. The maximum Gasteiger partial charge on any atom is 0.573 e. The van der Waals surface area contributed by atoms with Crippen LogP contribution in [0.5, 0.6) is 5.75 Å². The first-order valence-corrected chi connectivity index (χ1v) is 6.59. The summed E-state index contributed by atoms with van der Waals surface area (Å²) in [7, 11) is 0. The number of halogens is 3. The molecule has 2 rings (SSSR count). The Balaban J connectivity index is 2.37. The fourth-order valence-electron chi connectivity index (χ4n) is 1.88. The second-order valence-electron chi connectivity index (χ2n) is 4.45. The van der Waals surface area contributed by atoms with Crippen molar-refractivity contribution in [2.24, 2.45) is 0 Å². The van der Waals surface area contributed by atoms with Crippen LogP contribution in [0, 0.1) is 0 Å². The van der Waals surface area contributed by atoms with Gasteiger partial charge in [0.2, 0.25) is 0 Å². The standard InChI is InChI=1S/C15H13F3N2O3/c1-2-22-14(21)12-7-10(8-20-13(12)19)9-4-3-5-11(6-9)23-15(16,17)18/h3-8H,2H2,1H3,(H2,19,20). The molecule has 0 radical (unpaired) electrons. The summed E-state index contributed by atoms with van der Waals surface area (Å²) < 4.78 is 45.5. The van der Waals surface area contributed by atoms with Gasteiger partial charge in [-0.3, -0.25) is 0 Å². The summed E-state index contributed by atoms with van der Waals surface area (Å²) in [5, 5.41) is 0. The molecule has 122 valence electrons. The number of ether oxygens (including phenoxy) is 2. The van der Waals surface area contributed by atoms with E-state index in [4.69, 9.17) is 10.5 Å². The number of carbonyl (C=O) groups excluding carboxylic acids is 1. The van der Waals surface area contributed by atoms with Gasteiger partial charge >= 0.3 is 12.3 Å². The molecular weight excluding hydrogens is 313 g/mol. The SMILES string of the molecule is CCOC(=O)c1cc(-c2cccc(OC(F)(F)F)c2)cnc1N.